The third kappa shape index (κ3) is 2.89. The number of fused-ring (bicyclic) bond motifs is 2. The number of anilines is 2. The fourth-order valence-electron chi connectivity index (χ4n) is 3.23. The Morgan fingerprint density at radius 1 is 0.889 bits per heavy atom. The predicted molar refractivity (Wildman–Crippen MR) is 111 cm³/mol. The van der Waals surface area contributed by atoms with Crippen LogP contribution in [0.1, 0.15) is 0 Å². The molecular formula is C21H15ClN2O2S. The molecular weight excluding hydrogens is 380 g/mol. The smallest absolute Gasteiger partial charge is 0.169 e. The molecule has 1 aromatic heterocycles. The highest BCUT2D eigenvalue weighted by molar-refractivity contribution is 7.13. The summed E-state index contributed by atoms with van der Waals surface area (Å²) in [5.41, 5.74) is 2.62. The maximum atomic E-state index is 6.77. The maximum absolute atomic E-state index is 6.77. The minimum absolute atomic E-state index is 0.532. The molecule has 2 heterocycles. The topological polar surface area (TPSA) is 43.4 Å². The Kier molecular flexibility index (Phi) is 4.11. The van der Waals surface area contributed by atoms with E-state index in [0.717, 1.165) is 44.2 Å². The van der Waals surface area contributed by atoms with Crippen LogP contribution >= 0.6 is 23.1 Å². The van der Waals surface area contributed by atoms with Crippen molar-refractivity contribution in [2.45, 2.75) is 0 Å². The number of hydrogen-bond acceptors (Lipinski definition) is 5. The summed E-state index contributed by atoms with van der Waals surface area (Å²) in [6, 6.07) is 19.9. The van der Waals surface area contributed by atoms with Crippen LogP contribution in [0.5, 0.6) is 11.5 Å². The predicted octanol–water partition coefficient (Wildman–Crippen LogP) is 6.13. The molecule has 4 nitrogen and oxygen atoms in total. The molecule has 0 saturated heterocycles. The van der Waals surface area contributed by atoms with Gasteiger partial charge in [0.1, 0.15) is 13.2 Å². The first-order valence-electron chi connectivity index (χ1n) is 8.60. The van der Waals surface area contributed by atoms with Gasteiger partial charge in [0.25, 0.3) is 0 Å². The zero-order chi connectivity index (χ0) is 18.2. The summed E-state index contributed by atoms with van der Waals surface area (Å²) in [6.45, 7) is 1.09. The summed E-state index contributed by atoms with van der Waals surface area (Å²) in [6.07, 6.45) is 0. The first kappa shape index (κ1) is 16.4. The quantitative estimate of drug-likeness (QED) is 0.453. The van der Waals surface area contributed by atoms with Gasteiger partial charge in [-0.25, -0.2) is 0 Å². The molecule has 0 fully saturated rings. The summed E-state index contributed by atoms with van der Waals surface area (Å²) in [4.78, 5) is 0. The number of benzene rings is 3. The van der Waals surface area contributed by atoms with Gasteiger partial charge in [0, 0.05) is 16.5 Å². The molecule has 0 saturated carbocycles. The fraction of sp³-hybridized carbons (Fsp3) is 0.0952. The van der Waals surface area contributed by atoms with Crippen LogP contribution < -0.4 is 14.8 Å². The lowest BCUT2D eigenvalue weighted by atomic mass is 10.0. The van der Waals surface area contributed by atoms with E-state index in [9.17, 15) is 0 Å². The van der Waals surface area contributed by atoms with Gasteiger partial charge in [-0.2, -0.15) is 4.37 Å². The van der Waals surface area contributed by atoms with Crippen LogP contribution in [0.4, 0.5) is 11.5 Å². The van der Waals surface area contributed by atoms with E-state index in [1.807, 2.05) is 48.5 Å². The Balaban J connectivity index is 1.57. The molecule has 0 aliphatic carbocycles. The van der Waals surface area contributed by atoms with Gasteiger partial charge < -0.3 is 14.8 Å². The second-order valence-corrected chi connectivity index (χ2v) is 7.33. The maximum Gasteiger partial charge on any atom is 0.169 e. The lowest BCUT2D eigenvalue weighted by molar-refractivity contribution is 0.172. The molecule has 5 rings (SSSR count). The molecule has 0 spiro atoms. The highest BCUT2D eigenvalue weighted by atomic mass is 35.5. The second-order valence-electron chi connectivity index (χ2n) is 6.15. The molecule has 0 unspecified atom stereocenters. The van der Waals surface area contributed by atoms with Gasteiger partial charge in [0.2, 0.25) is 0 Å². The van der Waals surface area contributed by atoms with Crippen LogP contribution in [0, 0.1) is 0 Å². The SMILES string of the molecule is Clc1c(Nc2nsc3ccccc23)cccc1-c1cccc2c1OCCO2. The van der Waals surface area contributed by atoms with Gasteiger partial charge in [-0.15, -0.1) is 0 Å². The Morgan fingerprint density at radius 3 is 2.67 bits per heavy atom. The van der Waals surface area contributed by atoms with Crippen LogP contribution in [-0.4, -0.2) is 17.6 Å². The van der Waals surface area contributed by atoms with Crippen LogP contribution in [0.15, 0.2) is 60.7 Å². The summed E-state index contributed by atoms with van der Waals surface area (Å²) in [5, 5.41) is 5.08. The lowest BCUT2D eigenvalue weighted by Crippen LogP contribution is -2.15. The number of rotatable bonds is 3. The number of hydrogen-bond donors (Lipinski definition) is 1. The van der Waals surface area contributed by atoms with Crippen LogP contribution in [-0.2, 0) is 0 Å². The Morgan fingerprint density at radius 2 is 1.70 bits per heavy atom. The van der Waals surface area contributed by atoms with E-state index in [2.05, 4.69) is 21.8 Å². The lowest BCUT2D eigenvalue weighted by Gasteiger charge is -2.21. The minimum atomic E-state index is 0.532. The van der Waals surface area contributed by atoms with E-state index in [1.54, 1.807) is 0 Å². The minimum Gasteiger partial charge on any atom is -0.486 e. The summed E-state index contributed by atoms with van der Waals surface area (Å²) in [5.74, 6) is 2.30. The number of para-hydroxylation sites is 1. The largest absolute Gasteiger partial charge is 0.486 e. The number of nitrogens with one attached hydrogen (secondary N) is 1. The molecule has 1 aliphatic heterocycles. The molecule has 3 aromatic carbocycles. The first-order valence-corrected chi connectivity index (χ1v) is 9.75. The highest BCUT2D eigenvalue weighted by Gasteiger charge is 2.19. The normalized spacial score (nSPS) is 12.9. The van der Waals surface area contributed by atoms with E-state index in [4.69, 9.17) is 21.1 Å². The van der Waals surface area contributed by atoms with Crippen molar-refractivity contribution in [3.05, 3.63) is 65.7 Å². The van der Waals surface area contributed by atoms with Crippen LogP contribution in [0.25, 0.3) is 21.2 Å². The summed E-state index contributed by atoms with van der Waals surface area (Å²) in [7, 11) is 0. The fourth-order valence-corrected chi connectivity index (χ4v) is 4.24. The van der Waals surface area contributed by atoms with Crippen LogP contribution in [0.3, 0.4) is 0 Å². The monoisotopic (exact) mass is 394 g/mol. The Hall–Kier alpha value is -2.76. The van der Waals surface area contributed by atoms with E-state index in [0.29, 0.717) is 18.2 Å². The molecule has 134 valence electrons. The Bertz CT molecular complexity index is 1140. The molecule has 4 aromatic rings. The van der Waals surface area contributed by atoms with Crippen molar-refractivity contribution >= 4 is 44.7 Å². The van der Waals surface area contributed by atoms with Crippen molar-refractivity contribution in [1.29, 1.82) is 0 Å². The van der Waals surface area contributed by atoms with E-state index in [1.165, 1.54) is 11.5 Å². The first-order chi connectivity index (χ1) is 13.3. The molecule has 1 N–H and O–H groups in total. The van der Waals surface area contributed by atoms with Crippen molar-refractivity contribution in [3.63, 3.8) is 0 Å². The standard InChI is InChI=1S/C21H15ClN2O2S/c22-19-13(14-7-4-9-17-20(14)26-12-11-25-17)6-3-8-16(19)23-21-15-5-1-2-10-18(15)27-24-21/h1-10H,11-12H2,(H,23,24). The number of aromatic nitrogens is 1. The average Bonchev–Trinajstić information content (AvgIpc) is 3.12. The van der Waals surface area contributed by atoms with Gasteiger partial charge in [-0.3, -0.25) is 0 Å². The van der Waals surface area contributed by atoms with Crippen molar-refractivity contribution in [3.8, 4) is 22.6 Å². The number of nitrogens with zero attached hydrogens (tertiary/aromatic N) is 1. The zero-order valence-corrected chi connectivity index (χ0v) is 15.8. The molecule has 1 aliphatic rings. The molecule has 0 amide bonds. The number of halogens is 1. The molecule has 27 heavy (non-hydrogen) atoms. The molecule has 6 heteroatoms. The third-order valence-corrected chi connectivity index (χ3v) is 5.72. The van der Waals surface area contributed by atoms with Gasteiger partial charge in [0.15, 0.2) is 17.3 Å². The van der Waals surface area contributed by atoms with Crippen molar-refractivity contribution in [2.24, 2.45) is 0 Å². The average molecular weight is 395 g/mol. The summed E-state index contributed by atoms with van der Waals surface area (Å²) >= 11 is 8.24. The zero-order valence-electron chi connectivity index (χ0n) is 14.2. The second kappa shape index (κ2) is 6.76. The van der Waals surface area contributed by atoms with E-state index < -0.39 is 0 Å². The van der Waals surface area contributed by atoms with Gasteiger partial charge in [-0.1, -0.05) is 48.0 Å². The molecule has 0 atom stereocenters. The van der Waals surface area contributed by atoms with Gasteiger partial charge in [0.05, 0.1) is 15.4 Å². The van der Waals surface area contributed by atoms with Crippen molar-refractivity contribution in [1.82, 2.24) is 4.37 Å². The highest BCUT2D eigenvalue weighted by Crippen LogP contribution is 2.44. The van der Waals surface area contributed by atoms with Gasteiger partial charge in [-0.05, 0) is 35.8 Å². The third-order valence-electron chi connectivity index (χ3n) is 4.49. The van der Waals surface area contributed by atoms with Crippen LogP contribution in [0.2, 0.25) is 5.02 Å². The van der Waals surface area contributed by atoms with Gasteiger partial charge >= 0.3 is 0 Å². The molecule has 0 bridgehead atoms. The van der Waals surface area contributed by atoms with Crippen molar-refractivity contribution in [2.75, 3.05) is 18.5 Å². The van der Waals surface area contributed by atoms with Crippen molar-refractivity contribution < 1.29 is 9.47 Å². The number of ether oxygens (including phenoxy) is 2. The molecule has 0 radical (unpaired) electrons. The van der Waals surface area contributed by atoms with E-state index >= 15 is 0 Å². The van der Waals surface area contributed by atoms with E-state index in [-0.39, 0.29) is 0 Å². The summed E-state index contributed by atoms with van der Waals surface area (Å²) < 4.78 is 17.2. The Labute approximate surface area is 165 Å².